The van der Waals surface area contributed by atoms with Crippen LogP contribution in [0.15, 0.2) is 12.1 Å². The zero-order valence-electron chi connectivity index (χ0n) is 12.1. The second kappa shape index (κ2) is 7.04. The van der Waals surface area contributed by atoms with Gasteiger partial charge in [0.15, 0.2) is 0 Å². The van der Waals surface area contributed by atoms with Gasteiger partial charge in [-0.05, 0) is 38.8 Å². The molecule has 0 N–H and O–H groups in total. The van der Waals surface area contributed by atoms with Crippen LogP contribution in [0.1, 0.15) is 34.6 Å². The van der Waals surface area contributed by atoms with E-state index in [1.807, 2.05) is 30.9 Å². The molecule has 0 aliphatic carbocycles. The Balaban J connectivity index is 1.94. The Labute approximate surface area is 125 Å². The van der Waals surface area contributed by atoms with Crippen LogP contribution in [0.25, 0.3) is 0 Å². The highest BCUT2D eigenvalue weighted by Gasteiger charge is 2.25. The van der Waals surface area contributed by atoms with E-state index in [-0.39, 0.29) is 12.0 Å². The number of hydrogen-bond donors (Lipinski definition) is 0. The van der Waals surface area contributed by atoms with E-state index in [4.69, 9.17) is 16.3 Å². The molecule has 0 aromatic carbocycles. The summed E-state index contributed by atoms with van der Waals surface area (Å²) in [4.78, 5) is 18.7. The summed E-state index contributed by atoms with van der Waals surface area (Å²) >= 11 is 5.61. The highest BCUT2D eigenvalue weighted by Crippen LogP contribution is 2.17. The standard InChI is InChI=1S/C15H21ClN2O2/c1-11-3-4-14(12(2)17-11)15(19)18-8-5-13(6-9-18)20-10-7-16/h3-4,13H,5-10H2,1-2H3. The Bertz CT molecular complexity index is 471. The van der Waals surface area contributed by atoms with Crippen LogP contribution < -0.4 is 0 Å². The van der Waals surface area contributed by atoms with Gasteiger partial charge in [0.25, 0.3) is 5.91 Å². The third-order valence-electron chi connectivity index (χ3n) is 3.62. The number of aryl methyl sites for hydroxylation is 2. The van der Waals surface area contributed by atoms with Gasteiger partial charge in [0.2, 0.25) is 0 Å². The van der Waals surface area contributed by atoms with E-state index in [2.05, 4.69) is 4.98 Å². The number of amides is 1. The molecule has 1 fully saturated rings. The maximum atomic E-state index is 12.5. The highest BCUT2D eigenvalue weighted by molar-refractivity contribution is 6.17. The van der Waals surface area contributed by atoms with Crippen molar-refractivity contribution in [3.05, 3.63) is 29.1 Å². The summed E-state index contributed by atoms with van der Waals surface area (Å²) in [5, 5.41) is 0. The third-order valence-corrected chi connectivity index (χ3v) is 3.77. The van der Waals surface area contributed by atoms with Crippen molar-refractivity contribution in [1.29, 1.82) is 0 Å². The normalized spacial score (nSPS) is 16.4. The van der Waals surface area contributed by atoms with Crippen LogP contribution in [0.4, 0.5) is 0 Å². The molecule has 1 amide bonds. The minimum absolute atomic E-state index is 0.0748. The summed E-state index contributed by atoms with van der Waals surface area (Å²) in [5.74, 6) is 0.596. The number of halogens is 1. The number of carbonyl (C=O) groups is 1. The van der Waals surface area contributed by atoms with Crippen molar-refractivity contribution >= 4 is 17.5 Å². The van der Waals surface area contributed by atoms with Gasteiger partial charge in [0.1, 0.15) is 0 Å². The molecule has 0 unspecified atom stereocenters. The van der Waals surface area contributed by atoms with Gasteiger partial charge in [-0.3, -0.25) is 9.78 Å². The second-order valence-electron chi connectivity index (χ2n) is 5.14. The Morgan fingerprint density at radius 1 is 1.40 bits per heavy atom. The van der Waals surface area contributed by atoms with E-state index in [1.165, 1.54) is 0 Å². The number of pyridine rings is 1. The van der Waals surface area contributed by atoms with Gasteiger partial charge >= 0.3 is 0 Å². The number of piperidine rings is 1. The lowest BCUT2D eigenvalue weighted by Crippen LogP contribution is -2.41. The third kappa shape index (κ3) is 3.70. The summed E-state index contributed by atoms with van der Waals surface area (Å²) in [6.45, 7) is 5.87. The molecule has 0 spiro atoms. The molecule has 0 saturated carbocycles. The number of alkyl halides is 1. The molecule has 4 nitrogen and oxygen atoms in total. The molecule has 110 valence electrons. The molecule has 1 aromatic heterocycles. The average Bonchev–Trinajstić information content (AvgIpc) is 2.45. The fraction of sp³-hybridized carbons (Fsp3) is 0.600. The predicted molar refractivity (Wildman–Crippen MR) is 79.3 cm³/mol. The van der Waals surface area contributed by atoms with Crippen molar-refractivity contribution in [2.24, 2.45) is 0 Å². The lowest BCUT2D eigenvalue weighted by Gasteiger charge is -2.32. The van der Waals surface area contributed by atoms with E-state index in [1.54, 1.807) is 0 Å². The number of likely N-dealkylation sites (tertiary alicyclic amines) is 1. The molecule has 0 radical (unpaired) electrons. The summed E-state index contributed by atoms with van der Waals surface area (Å²) < 4.78 is 5.62. The maximum Gasteiger partial charge on any atom is 0.255 e. The van der Waals surface area contributed by atoms with E-state index < -0.39 is 0 Å². The summed E-state index contributed by atoms with van der Waals surface area (Å²) in [5.41, 5.74) is 2.44. The maximum absolute atomic E-state index is 12.5. The van der Waals surface area contributed by atoms with Crippen molar-refractivity contribution in [2.45, 2.75) is 32.8 Å². The van der Waals surface area contributed by atoms with Crippen molar-refractivity contribution in [2.75, 3.05) is 25.6 Å². The molecule has 1 aromatic rings. The SMILES string of the molecule is Cc1ccc(C(=O)N2CCC(OCCCl)CC2)c(C)n1. The van der Waals surface area contributed by atoms with Gasteiger partial charge in [-0.2, -0.15) is 0 Å². The number of hydrogen-bond acceptors (Lipinski definition) is 3. The van der Waals surface area contributed by atoms with E-state index in [0.29, 0.717) is 18.1 Å². The Morgan fingerprint density at radius 2 is 2.10 bits per heavy atom. The number of ether oxygens (including phenoxy) is 1. The first-order chi connectivity index (χ1) is 9.61. The van der Waals surface area contributed by atoms with Crippen LogP contribution in [0, 0.1) is 13.8 Å². The Morgan fingerprint density at radius 3 is 2.70 bits per heavy atom. The van der Waals surface area contributed by atoms with Crippen LogP contribution in [0.2, 0.25) is 0 Å². The van der Waals surface area contributed by atoms with Crippen molar-refractivity contribution in [3.63, 3.8) is 0 Å². The first-order valence-electron chi connectivity index (χ1n) is 7.03. The smallest absolute Gasteiger partial charge is 0.255 e. The van der Waals surface area contributed by atoms with Crippen LogP contribution in [0.3, 0.4) is 0 Å². The molecule has 0 bridgehead atoms. The summed E-state index contributed by atoms with van der Waals surface area (Å²) in [7, 11) is 0. The average molecular weight is 297 g/mol. The molecular formula is C15H21ClN2O2. The lowest BCUT2D eigenvalue weighted by atomic mass is 10.1. The number of carbonyl (C=O) groups excluding carboxylic acids is 1. The van der Waals surface area contributed by atoms with Crippen LogP contribution in [-0.4, -0.2) is 47.5 Å². The zero-order valence-corrected chi connectivity index (χ0v) is 12.8. The van der Waals surface area contributed by atoms with Crippen LogP contribution in [-0.2, 0) is 4.74 Å². The van der Waals surface area contributed by atoms with Crippen molar-refractivity contribution < 1.29 is 9.53 Å². The topological polar surface area (TPSA) is 42.4 Å². The number of nitrogens with zero attached hydrogens (tertiary/aromatic N) is 2. The van der Waals surface area contributed by atoms with Gasteiger partial charge in [-0.15, -0.1) is 11.6 Å². The van der Waals surface area contributed by atoms with Gasteiger partial charge in [-0.25, -0.2) is 0 Å². The van der Waals surface area contributed by atoms with Gasteiger partial charge < -0.3 is 9.64 Å². The van der Waals surface area contributed by atoms with Gasteiger partial charge in [-0.1, -0.05) is 0 Å². The molecule has 2 rings (SSSR count). The quantitative estimate of drug-likeness (QED) is 0.802. The van der Waals surface area contributed by atoms with Crippen LogP contribution in [0.5, 0.6) is 0 Å². The van der Waals surface area contributed by atoms with E-state index >= 15 is 0 Å². The summed E-state index contributed by atoms with van der Waals surface area (Å²) in [6, 6.07) is 3.76. The number of aromatic nitrogens is 1. The highest BCUT2D eigenvalue weighted by atomic mass is 35.5. The zero-order chi connectivity index (χ0) is 14.5. The van der Waals surface area contributed by atoms with Crippen LogP contribution >= 0.6 is 11.6 Å². The Kier molecular flexibility index (Phi) is 5.38. The molecule has 20 heavy (non-hydrogen) atoms. The summed E-state index contributed by atoms with van der Waals surface area (Å²) in [6.07, 6.45) is 1.98. The molecule has 0 atom stereocenters. The predicted octanol–water partition coefficient (Wildman–Crippen LogP) is 2.56. The molecule has 1 aliphatic heterocycles. The minimum Gasteiger partial charge on any atom is -0.377 e. The molecule has 5 heteroatoms. The first-order valence-corrected chi connectivity index (χ1v) is 7.56. The Hall–Kier alpha value is -1.13. The van der Waals surface area contributed by atoms with Gasteiger partial charge in [0, 0.05) is 24.7 Å². The lowest BCUT2D eigenvalue weighted by molar-refractivity contribution is 0.0154. The molecule has 2 heterocycles. The van der Waals surface area contributed by atoms with E-state index in [0.717, 1.165) is 37.3 Å². The number of rotatable bonds is 4. The van der Waals surface area contributed by atoms with Gasteiger partial charge in [0.05, 0.1) is 24.0 Å². The molecule has 1 aliphatic rings. The minimum atomic E-state index is 0.0748. The van der Waals surface area contributed by atoms with Crippen molar-refractivity contribution in [1.82, 2.24) is 9.88 Å². The van der Waals surface area contributed by atoms with E-state index in [9.17, 15) is 4.79 Å². The molecular weight excluding hydrogens is 276 g/mol. The fourth-order valence-corrected chi connectivity index (χ4v) is 2.61. The first kappa shape index (κ1) is 15.3. The monoisotopic (exact) mass is 296 g/mol. The second-order valence-corrected chi connectivity index (χ2v) is 5.51. The molecule has 1 saturated heterocycles. The van der Waals surface area contributed by atoms with Crippen molar-refractivity contribution in [3.8, 4) is 0 Å². The fourth-order valence-electron chi connectivity index (χ4n) is 2.52. The largest absolute Gasteiger partial charge is 0.377 e.